The Kier molecular flexibility index (Phi) is 11.1. The first-order valence-corrected chi connectivity index (χ1v) is 16.9. The third-order valence-corrected chi connectivity index (χ3v) is 9.20. The fourth-order valence-electron chi connectivity index (χ4n) is 5.54. The van der Waals surface area contributed by atoms with Gasteiger partial charge in [-0.1, -0.05) is 54.8 Å². The maximum Gasteiger partial charge on any atom is 0.335 e. The first kappa shape index (κ1) is 32.5. The van der Waals surface area contributed by atoms with Crippen molar-refractivity contribution in [3.05, 3.63) is 101 Å². The number of benzene rings is 3. The van der Waals surface area contributed by atoms with Crippen LogP contribution >= 0.6 is 23.4 Å². The second-order valence-electron chi connectivity index (χ2n) is 11.0. The lowest BCUT2D eigenvalue weighted by atomic mass is 9.95. The van der Waals surface area contributed by atoms with E-state index >= 15 is 0 Å². The van der Waals surface area contributed by atoms with E-state index in [0.717, 1.165) is 70.9 Å². The Balaban J connectivity index is 1.46. The van der Waals surface area contributed by atoms with Gasteiger partial charge in [0.2, 0.25) is 5.78 Å². The van der Waals surface area contributed by atoms with Crippen molar-refractivity contribution in [2.45, 2.75) is 70.2 Å². The van der Waals surface area contributed by atoms with Gasteiger partial charge in [0.1, 0.15) is 5.71 Å². The van der Waals surface area contributed by atoms with E-state index in [1.807, 2.05) is 66.7 Å². The lowest BCUT2D eigenvalue weighted by molar-refractivity contribution is -0.143. The lowest BCUT2D eigenvalue weighted by Gasteiger charge is -2.08. The molecule has 0 saturated heterocycles. The molecule has 1 aliphatic carbocycles. The van der Waals surface area contributed by atoms with E-state index < -0.39 is 5.97 Å². The van der Waals surface area contributed by atoms with Gasteiger partial charge in [-0.3, -0.25) is 9.59 Å². The molecule has 0 amide bonds. The van der Waals surface area contributed by atoms with E-state index in [1.165, 1.54) is 0 Å². The minimum atomic E-state index is -0.443. The number of ketones is 2. The molecule has 0 unspecified atom stereocenters. The fourth-order valence-corrected chi connectivity index (χ4v) is 6.52. The number of unbranched alkanes of at least 4 members (excludes halogenated alkanes) is 2. The number of Topliss-reactive ketones (excluding diaryl/α,β-unsaturated/α-hetero) is 2. The largest absolute Gasteiger partial charge is 0.341 e. The summed E-state index contributed by atoms with van der Waals surface area (Å²) in [6.07, 6.45) is 10.7. The number of allylic oxidation sites excluding steroid dienone is 4. The highest BCUT2D eigenvalue weighted by Gasteiger charge is 2.20. The van der Waals surface area contributed by atoms with Crippen LogP contribution in [0, 0.1) is 0 Å². The maximum atomic E-state index is 13.9. The predicted octanol–water partition coefficient (Wildman–Crippen LogP) is 9.77. The van der Waals surface area contributed by atoms with Crippen LogP contribution in [-0.2, 0) is 16.2 Å². The normalized spacial score (nSPS) is 13.3. The second kappa shape index (κ2) is 15.4. The molecule has 1 heterocycles. The van der Waals surface area contributed by atoms with E-state index in [-0.39, 0.29) is 23.7 Å². The molecule has 45 heavy (non-hydrogen) atoms. The Bertz CT molecular complexity index is 1820. The Morgan fingerprint density at radius 2 is 1.62 bits per heavy atom. The average Bonchev–Trinajstić information content (AvgIpc) is 3.39. The van der Waals surface area contributed by atoms with Gasteiger partial charge in [-0.25, -0.2) is 4.79 Å². The van der Waals surface area contributed by atoms with Gasteiger partial charge in [-0.2, -0.15) is 0 Å². The maximum absolute atomic E-state index is 13.9. The molecule has 3 aromatic carbocycles. The summed E-state index contributed by atoms with van der Waals surface area (Å²) < 4.78 is 2.19. The van der Waals surface area contributed by atoms with Gasteiger partial charge in [-0.05, 0) is 86.8 Å². The van der Waals surface area contributed by atoms with Gasteiger partial charge < -0.3 is 9.40 Å². The quantitative estimate of drug-likeness (QED) is 0.0342. The molecular weight excluding hydrogens is 604 g/mol. The standard InChI is InChI=1S/C37H37ClN2O4S/c1-3-5-7-12-35(41)44-39-32(21-22-45-29-17-15-28(38)16-18-29)37(43)27-14-20-34-31(24-27)30-23-26(13-19-33(30)40(34)4-2)36(42)25-10-8-6-9-11-25/h6,8,10,13-20,23-24H,3-5,7,9,11-12,21-22H2,1-2H3. The summed E-state index contributed by atoms with van der Waals surface area (Å²) in [6, 6.07) is 18.9. The van der Waals surface area contributed by atoms with E-state index in [2.05, 4.69) is 29.6 Å². The topological polar surface area (TPSA) is 77.7 Å². The molecule has 6 nitrogen and oxygen atoms in total. The smallest absolute Gasteiger partial charge is 0.335 e. The van der Waals surface area contributed by atoms with Crippen LogP contribution in [0.1, 0.15) is 79.5 Å². The summed E-state index contributed by atoms with van der Waals surface area (Å²) in [5.74, 6) is -0.146. The SMILES string of the molecule is CCCCCC(=O)ON=C(CCSc1ccc(Cl)cc1)C(=O)c1ccc2c(c1)c1cc(C(=O)C3=CC=CCC3)ccc1n2CC. The van der Waals surface area contributed by atoms with Gasteiger partial charge in [0.25, 0.3) is 0 Å². The zero-order valence-electron chi connectivity index (χ0n) is 25.7. The summed E-state index contributed by atoms with van der Waals surface area (Å²) in [6.45, 7) is 4.88. The Labute approximate surface area is 273 Å². The lowest BCUT2D eigenvalue weighted by Crippen LogP contribution is -2.17. The zero-order valence-corrected chi connectivity index (χ0v) is 27.3. The molecule has 0 saturated carbocycles. The van der Waals surface area contributed by atoms with Crippen molar-refractivity contribution in [2.24, 2.45) is 5.16 Å². The van der Waals surface area contributed by atoms with Gasteiger partial charge in [0.05, 0.1) is 0 Å². The number of nitrogens with zero attached hydrogens (tertiary/aromatic N) is 2. The summed E-state index contributed by atoms with van der Waals surface area (Å²) >= 11 is 7.60. The van der Waals surface area contributed by atoms with E-state index in [1.54, 1.807) is 17.8 Å². The molecular formula is C37H37ClN2O4S. The highest BCUT2D eigenvalue weighted by atomic mass is 35.5. The molecule has 0 aliphatic heterocycles. The molecule has 8 heteroatoms. The minimum absolute atomic E-state index is 0.0271. The number of carbonyl (C=O) groups excluding carboxylic acids is 3. The molecule has 0 bridgehead atoms. The van der Waals surface area contributed by atoms with Crippen LogP contribution in [0.3, 0.4) is 0 Å². The van der Waals surface area contributed by atoms with Crippen LogP contribution in [-0.4, -0.2) is 33.6 Å². The van der Waals surface area contributed by atoms with Gasteiger partial charge >= 0.3 is 5.97 Å². The van der Waals surface area contributed by atoms with Crippen LogP contribution in [0.5, 0.6) is 0 Å². The molecule has 0 atom stereocenters. The van der Waals surface area contributed by atoms with Crippen molar-refractivity contribution < 1.29 is 19.2 Å². The van der Waals surface area contributed by atoms with Crippen LogP contribution in [0.15, 0.2) is 94.5 Å². The number of oxime groups is 1. The van der Waals surface area contributed by atoms with Crippen LogP contribution in [0.2, 0.25) is 5.02 Å². The number of carbonyl (C=O) groups is 3. The number of halogens is 1. The molecule has 4 aromatic rings. The molecule has 0 spiro atoms. The molecule has 0 fully saturated rings. The summed E-state index contributed by atoms with van der Waals surface area (Å²) in [5.41, 5.74) is 4.05. The summed E-state index contributed by atoms with van der Waals surface area (Å²) in [5, 5.41) is 6.56. The molecule has 5 rings (SSSR count). The molecule has 1 aliphatic rings. The van der Waals surface area contributed by atoms with Gasteiger partial charge in [-0.15, -0.1) is 11.8 Å². The Morgan fingerprint density at radius 3 is 2.29 bits per heavy atom. The second-order valence-corrected chi connectivity index (χ2v) is 12.6. The van der Waals surface area contributed by atoms with Gasteiger partial charge in [0, 0.05) is 73.6 Å². The number of aryl methyl sites for hydroxylation is 1. The third kappa shape index (κ3) is 7.84. The third-order valence-electron chi connectivity index (χ3n) is 7.94. The van der Waals surface area contributed by atoms with Crippen molar-refractivity contribution in [3.63, 3.8) is 0 Å². The summed E-state index contributed by atoms with van der Waals surface area (Å²) in [7, 11) is 0. The summed E-state index contributed by atoms with van der Waals surface area (Å²) in [4.78, 5) is 45.9. The number of fused-ring (bicyclic) bond motifs is 3. The highest BCUT2D eigenvalue weighted by Crippen LogP contribution is 2.32. The molecule has 0 radical (unpaired) electrons. The van der Waals surface area contributed by atoms with E-state index in [4.69, 9.17) is 16.4 Å². The number of hydrogen-bond donors (Lipinski definition) is 0. The first-order chi connectivity index (χ1) is 21.9. The van der Waals surface area contributed by atoms with Crippen LogP contribution in [0.25, 0.3) is 21.8 Å². The van der Waals surface area contributed by atoms with E-state index in [0.29, 0.717) is 28.3 Å². The highest BCUT2D eigenvalue weighted by molar-refractivity contribution is 7.99. The molecule has 1 aromatic heterocycles. The minimum Gasteiger partial charge on any atom is -0.341 e. The van der Waals surface area contributed by atoms with Crippen molar-refractivity contribution in [3.8, 4) is 0 Å². The van der Waals surface area contributed by atoms with Crippen LogP contribution in [0.4, 0.5) is 0 Å². The van der Waals surface area contributed by atoms with E-state index in [9.17, 15) is 14.4 Å². The van der Waals surface area contributed by atoms with Crippen molar-refractivity contribution in [1.29, 1.82) is 0 Å². The van der Waals surface area contributed by atoms with Crippen molar-refractivity contribution >= 4 is 68.4 Å². The Morgan fingerprint density at radius 1 is 0.911 bits per heavy atom. The fraction of sp³-hybridized carbons (Fsp3) is 0.297. The monoisotopic (exact) mass is 640 g/mol. The van der Waals surface area contributed by atoms with Crippen molar-refractivity contribution in [2.75, 3.05) is 5.75 Å². The zero-order chi connectivity index (χ0) is 31.8. The molecule has 0 N–H and O–H groups in total. The Hall–Kier alpha value is -3.94. The number of hydrogen-bond acceptors (Lipinski definition) is 6. The first-order valence-electron chi connectivity index (χ1n) is 15.6. The van der Waals surface area contributed by atoms with Crippen molar-refractivity contribution in [1.82, 2.24) is 4.57 Å². The molecule has 232 valence electrons. The number of thioether (sulfide) groups is 1. The number of rotatable bonds is 14. The van der Waals surface area contributed by atoms with Crippen LogP contribution < -0.4 is 0 Å². The average molecular weight is 641 g/mol. The number of aromatic nitrogens is 1. The van der Waals surface area contributed by atoms with Gasteiger partial charge in [0.15, 0.2) is 5.78 Å². The predicted molar refractivity (Wildman–Crippen MR) is 185 cm³/mol.